The zero-order valence-corrected chi connectivity index (χ0v) is 10.4. The van der Waals surface area contributed by atoms with Crippen LogP contribution < -0.4 is 10.1 Å². The monoisotopic (exact) mass is 249 g/mol. The van der Waals surface area contributed by atoms with E-state index in [0.29, 0.717) is 29.3 Å². The zero-order valence-electron chi connectivity index (χ0n) is 10.4. The van der Waals surface area contributed by atoms with E-state index in [0.717, 1.165) is 13.0 Å². The number of esters is 1. The van der Waals surface area contributed by atoms with Crippen molar-refractivity contribution in [2.45, 2.75) is 12.8 Å². The third kappa shape index (κ3) is 2.42. The minimum atomic E-state index is -0.325. The Hall–Kier alpha value is -2.11. The predicted molar refractivity (Wildman–Crippen MR) is 66.3 cm³/mol. The lowest BCUT2D eigenvalue weighted by Crippen LogP contribution is -2.13. The minimum Gasteiger partial charge on any atom is -0.480 e. The molecule has 0 radical (unpaired) electrons. The minimum absolute atomic E-state index is 0.325. The number of carbonyl (C=O) groups is 1. The van der Waals surface area contributed by atoms with Crippen LogP contribution in [0.3, 0.4) is 0 Å². The van der Waals surface area contributed by atoms with E-state index in [1.165, 1.54) is 20.5 Å². The standard InChI is InChI=1S/C12H15N3O3/c1-17-11-9-6-8(12(16)18-2)4-3-5-13-10(9)14-7-15-11/h6-7H,3-5H2,1-2H3,(H,13,14,15)/b8-6+. The molecule has 18 heavy (non-hydrogen) atoms. The Bertz CT molecular complexity index is 485. The van der Waals surface area contributed by atoms with E-state index >= 15 is 0 Å². The summed E-state index contributed by atoms with van der Waals surface area (Å²) in [6.07, 6.45) is 4.65. The molecule has 0 saturated heterocycles. The highest BCUT2D eigenvalue weighted by Crippen LogP contribution is 2.27. The second-order valence-electron chi connectivity index (χ2n) is 3.84. The van der Waals surface area contributed by atoms with Crippen LogP contribution in [0.2, 0.25) is 0 Å². The fourth-order valence-electron chi connectivity index (χ4n) is 1.84. The lowest BCUT2D eigenvalue weighted by molar-refractivity contribution is -0.136. The van der Waals surface area contributed by atoms with Crippen molar-refractivity contribution >= 4 is 17.9 Å². The molecule has 0 aromatic carbocycles. The Balaban J connectivity index is 2.50. The topological polar surface area (TPSA) is 73.3 Å². The van der Waals surface area contributed by atoms with Crippen molar-refractivity contribution in [1.82, 2.24) is 9.97 Å². The fourth-order valence-corrected chi connectivity index (χ4v) is 1.84. The molecule has 0 bridgehead atoms. The number of nitrogens with zero attached hydrogens (tertiary/aromatic N) is 2. The van der Waals surface area contributed by atoms with Gasteiger partial charge in [-0.05, 0) is 18.9 Å². The molecule has 1 aromatic heterocycles. The Morgan fingerprint density at radius 3 is 2.94 bits per heavy atom. The molecule has 6 heteroatoms. The summed E-state index contributed by atoms with van der Waals surface area (Å²) >= 11 is 0. The molecule has 0 saturated carbocycles. The number of anilines is 1. The summed E-state index contributed by atoms with van der Waals surface area (Å²) in [6, 6.07) is 0. The summed E-state index contributed by atoms with van der Waals surface area (Å²) in [4.78, 5) is 19.8. The second-order valence-corrected chi connectivity index (χ2v) is 3.84. The second kappa shape index (κ2) is 5.48. The van der Waals surface area contributed by atoms with Gasteiger partial charge >= 0.3 is 5.97 Å². The van der Waals surface area contributed by atoms with E-state index in [4.69, 9.17) is 9.47 Å². The number of hydrogen-bond acceptors (Lipinski definition) is 6. The van der Waals surface area contributed by atoms with Crippen molar-refractivity contribution in [1.29, 1.82) is 0 Å². The molecular formula is C12H15N3O3. The quantitative estimate of drug-likeness (QED) is 0.795. The lowest BCUT2D eigenvalue weighted by Gasteiger charge is -2.15. The molecule has 0 amide bonds. The summed E-state index contributed by atoms with van der Waals surface area (Å²) in [7, 11) is 2.91. The van der Waals surface area contributed by atoms with Crippen LogP contribution in [0.1, 0.15) is 18.4 Å². The van der Waals surface area contributed by atoms with E-state index in [2.05, 4.69) is 15.3 Å². The Kier molecular flexibility index (Phi) is 3.76. The van der Waals surface area contributed by atoms with Gasteiger partial charge in [-0.2, -0.15) is 0 Å². The van der Waals surface area contributed by atoms with E-state index in [-0.39, 0.29) is 5.97 Å². The molecule has 2 heterocycles. The summed E-state index contributed by atoms with van der Waals surface area (Å²) in [5.74, 6) is 0.785. The maximum atomic E-state index is 11.6. The van der Waals surface area contributed by atoms with Gasteiger partial charge in [0, 0.05) is 12.1 Å². The molecule has 1 aliphatic rings. The molecule has 2 rings (SSSR count). The molecule has 0 aliphatic carbocycles. The fraction of sp³-hybridized carbons (Fsp3) is 0.417. The van der Waals surface area contributed by atoms with Gasteiger partial charge in [-0.25, -0.2) is 14.8 Å². The molecule has 1 aromatic rings. The van der Waals surface area contributed by atoms with E-state index < -0.39 is 0 Å². The van der Waals surface area contributed by atoms with Crippen molar-refractivity contribution < 1.29 is 14.3 Å². The van der Waals surface area contributed by atoms with Crippen molar-refractivity contribution in [3.63, 3.8) is 0 Å². The number of methoxy groups -OCH3 is 2. The maximum absolute atomic E-state index is 11.6. The Labute approximate surface area is 105 Å². The zero-order chi connectivity index (χ0) is 13.0. The van der Waals surface area contributed by atoms with Crippen LogP contribution >= 0.6 is 0 Å². The van der Waals surface area contributed by atoms with Gasteiger partial charge in [0.1, 0.15) is 12.1 Å². The summed E-state index contributed by atoms with van der Waals surface area (Å²) in [5, 5.41) is 3.19. The van der Waals surface area contributed by atoms with Gasteiger partial charge in [-0.3, -0.25) is 0 Å². The van der Waals surface area contributed by atoms with Crippen molar-refractivity contribution in [3.8, 4) is 5.88 Å². The van der Waals surface area contributed by atoms with Gasteiger partial charge in [0.25, 0.3) is 0 Å². The summed E-state index contributed by atoms with van der Waals surface area (Å²) in [5.41, 5.74) is 1.29. The predicted octanol–water partition coefficient (Wildman–Crippen LogP) is 1.25. The highest BCUT2D eigenvalue weighted by Gasteiger charge is 2.17. The van der Waals surface area contributed by atoms with E-state index in [1.54, 1.807) is 6.08 Å². The van der Waals surface area contributed by atoms with Crippen molar-refractivity contribution in [2.24, 2.45) is 0 Å². The van der Waals surface area contributed by atoms with Crippen molar-refractivity contribution in [2.75, 3.05) is 26.1 Å². The molecule has 0 fully saturated rings. The highest BCUT2D eigenvalue weighted by molar-refractivity contribution is 5.95. The van der Waals surface area contributed by atoms with Crippen LogP contribution in [0.4, 0.5) is 5.82 Å². The van der Waals surface area contributed by atoms with Gasteiger partial charge in [0.15, 0.2) is 0 Å². The van der Waals surface area contributed by atoms with Crippen LogP contribution in [0, 0.1) is 0 Å². The van der Waals surface area contributed by atoms with Crippen molar-refractivity contribution in [3.05, 3.63) is 17.5 Å². The number of fused-ring (bicyclic) bond motifs is 1. The number of nitrogens with one attached hydrogen (secondary N) is 1. The number of aromatic nitrogens is 2. The van der Waals surface area contributed by atoms with Crippen LogP contribution in [-0.2, 0) is 9.53 Å². The first-order valence-electron chi connectivity index (χ1n) is 5.68. The highest BCUT2D eigenvalue weighted by atomic mass is 16.5. The maximum Gasteiger partial charge on any atom is 0.333 e. The molecule has 6 nitrogen and oxygen atoms in total. The van der Waals surface area contributed by atoms with Gasteiger partial charge in [0.2, 0.25) is 5.88 Å². The van der Waals surface area contributed by atoms with E-state index in [9.17, 15) is 4.79 Å². The molecular weight excluding hydrogens is 234 g/mol. The molecule has 0 spiro atoms. The lowest BCUT2D eigenvalue weighted by atomic mass is 10.1. The van der Waals surface area contributed by atoms with Crippen LogP contribution in [0.5, 0.6) is 5.88 Å². The Morgan fingerprint density at radius 1 is 1.39 bits per heavy atom. The smallest absolute Gasteiger partial charge is 0.333 e. The van der Waals surface area contributed by atoms with Crippen LogP contribution in [-0.4, -0.2) is 36.7 Å². The van der Waals surface area contributed by atoms with Gasteiger partial charge in [0.05, 0.1) is 19.8 Å². The average Bonchev–Trinajstić information content (AvgIpc) is 2.38. The number of hydrogen-bond donors (Lipinski definition) is 1. The summed E-state index contributed by atoms with van der Waals surface area (Å²) < 4.78 is 9.95. The van der Waals surface area contributed by atoms with Gasteiger partial charge in [-0.15, -0.1) is 0 Å². The summed E-state index contributed by atoms with van der Waals surface area (Å²) in [6.45, 7) is 0.738. The van der Waals surface area contributed by atoms with E-state index in [1.807, 2.05) is 0 Å². The normalized spacial score (nSPS) is 17.3. The first kappa shape index (κ1) is 12.3. The molecule has 0 atom stereocenters. The largest absolute Gasteiger partial charge is 0.480 e. The number of rotatable bonds is 2. The Morgan fingerprint density at radius 2 is 2.22 bits per heavy atom. The number of carbonyl (C=O) groups excluding carboxylic acids is 1. The van der Waals surface area contributed by atoms with Gasteiger partial charge < -0.3 is 14.8 Å². The third-order valence-corrected chi connectivity index (χ3v) is 2.72. The van der Waals surface area contributed by atoms with Crippen LogP contribution in [0.25, 0.3) is 6.08 Å². The van der Waals surface area contributed by atoms with Gasteiger partial charge in [-0.1, -0.05) is 0 Å². The molecule has 1 aliphatic heterocycles. The first-order chi connectivity index (χ1) is 8.76. The molecule has 0 unspecified atom stereocenters. The molecule has 1 N–H and O–H groups in total. The average molecular weight is 249 g/mol. The number of ether oxygens (including phenoxy) is 2. The molecule has 96 valence electrons. The van der Waals surface area contributed by atoms with Crippen LogP contribution in [0.15, 0.2) is 11.9 Å². The third-order valence-electron chi connectivity index (χ3n) is 2.72. The first-order valence-corrected chi connectivity index (χ1v) is 5.68. The SMILES string of the molecule is COC(=O)/C1=C/c2c(ncnc2OC)NCCC1.